The van der Waals surface area contributed by atoms with E-state index in [-0.39, 0.29) is 25.7 Å². The van der Waals surface area contributed by atoms with E-state index in [1.165, 1.54) is 167 Å². The first-order valence-corrected chi connectivity index (χ1v) is 39.5. The van der Waals surface area contributed by atoms with Crippen LogP contribution in [-0.4, -0.2) is 96.7 Å². The van der Waals surface area contributed by atoms with Gasteiger partial charge in [-0.1, -0.05) is 305 Å². The van der Waals surface area contributed by atoms with Gasteiger partial charge in [0.05, 0.1) is 26.4 Å². The summed E-state index contributed by atoms with van der Waals surface area (Å²) in [6.07, 6.45) is 47.6. The number of phosphoric ester groups is 2. The first kappa shape index (κ1) is 87.1. The molecule has 89 heavy (non-hydrogen) atoms. The average Bonchev–Trinajstić information content (AvgIpc) is 3.71. The van der Waals surface area contributed by atoms with Crippen molar-refractivity contribution < 1.29 is 80.2 Å². The lowest BCUT2D eigenvalue weighted by atomic mass is 10.0. The van der Waals surface area contributed by atoms with Gasteiger partial charge in [0.2, 0.25) is 0 Å². The van der Waals surface area contributed by atoms with Gasteiger partial charge < -0.3 is 33.8 Å². The summed E-state index contributed by atoms with van der Waals surface area (Å²) in [7, 11) is -9.89. The van der Waals surface area contributed by atoms with E-state index in [9.17, 15) is 43.2 Å². The predicted octanol–water partition coefficient (Wildman–Crippen LogP) is 20.0. The monoisotopic (exact) mass is 1310 g/mol. The topological polar surface area (TPSA) is 237 Å². The molecule has 0 aromatic carbocycles. The maximum atomic E-state index is 13.0. The van der Waals surface area contributed by atoms with Crippen molar-refractivity contribution in [3.8, 4) is 0 Å². The van der Waals surface area contributed by atoms with Crippen molar-refractivity contribution in [2.75, 3.05) is 39.6 Å². The Kier molecular flexibility index (Phi) is 60.8. The highest BCUT2D eigenvalue weighted by Gasteiger charge is 2.30. The summed E-state index contributed by atoms with van der Waals surface area (Å²) in [5.41, 5.74) is 0. The minimum Gasteiger partial charge on any atom is -0.462 e. The predicted molar refractivity (Wildman–Crippen MR) is 358 cm³/mol. The molecule has 0 bridgehead atoms. The summed E-state index contributed by atoms with van der Waals surface area (Å²) in [6.45, 7) is 9.50. The van der Waals surface area contributed by atoms with E-state index in [0.717, 1.165) is 108 Å². The molecule has 0 aromatic heterocycles. The molecule has 0 aliphatic carbocycles. The molecule has 0 saturated heterocycles. The van der Waals surface area contributed by atoms with Crippen LogP contribution in [0, 0.1) is 11.8 Å². The van der Waals surface area contributed by atoms with Gasteiger partial charge in [0.25, 0.3) is 0 Å². The van der Waals surface area contributed by atoms with Crippen LogP contribution in [0.1, 0.15) is 356 Å². The van der Waals surface area contributed by atoms with E-state index in [1.807, 2.05) is 0 Å². The van der Waals surface area contributed by atoms with E-state index in [4.69, 9.17) is 37.0 Å². The Morgan fingerprint density at radius 3 is 0.764 bits per heavy atom. The van der Waals surface area contributed by atoms with E-state index in [1.54, 1.807) is 0 Å². The Morgan fingerprint density at radius 2 is 0.517 bits per heavy atom. The SMILES string of the molecule is CCCCCCCCCCCCC(=O)O[C@H](COC(=O)CCCCCCC)COP(=O)(O)OC[C@H](O)COP(=O)(O)OC[C@@H](COC(=O)CCCCCCCCCCCCCCCC(C)C)OC(=O)CCCCCCCCCCCCCCCCCC(C)C. The third-order valence-corrected chi connectivity index (χ3v) is 18.1. The number of rotatable bonds is 69. The second-order valence-corrected chi connectivity index (χ2v) is 29.1. The molecule has 2 unspecified atom stereocenters. The first-order valence-electron chi connectivity index (χ1n) is 36.5. The second-order valence-electron chi connectivity index (χ2n) is 26.2. The maximum absolute atomic E-state index is 13.0. The fraction of sp³-hybridized carbons (Fsp3) is 0.943. The van der Waals surface area contributed by atoms with E-state index in [0.29, 0.717) is 25.7 Å². The lowest BCUT2D eigenvalue weighted by Gasteiger charge is -2.21. The van der Waals surface area contributed by atoms with Crippen LogP contribution in [0.5, 0.6) is 0 Å². The number of aliphatic hydroxyl groups is 1. The number of carbonyl (C=O) groups is 4. The Bertz CT molecular complexity index is 1730. The van der Waals surface area contributed by atoms with Crippen LogP contribution >= 0.6 is 15.6 Å². The Morgan fingerprint density at radius 1 is 0.303 bits per heavy atom. The standard InChI is InChI=1S/C70H136O17P2/c1-7-9-11-13-14-15-30-36-42-48-54-69(74)86-65(58-80-67(72)52-46-38-12-10-8-2)60-84-88(76,77)82-56-64(71)57-83-89(78,79)85-61-66(59-81-68(73)53-47-41-35-31-26-23-19-21-25-29-34-40-45-51-63(5)6)87-70(75)55-49-43-37-32-27-22-18-16-17-20-24-28-33-39-44-50-62(3)4/h62-66,71H,7-61H2,1-6H3,(H,76,77)(H,78,79)/t64-,65+,66+/m0/s1. The summed E-state index contributed by atoms with van der Waals surface area (Å²) >= 11 is 0. The minimum atomic E-state index is -4.95. The van der Waals surface area contributed by atoms with Crippen molar-refractivity contribution in [1.29, 1.82) is 0 Å². The van der Waals surface area contributed by atoms with Crippen LogP contribution < -0.4 is 0 Å². The van der Waals surface area contributed by atoms with Crippen molar-refractivity contribution in [3.63, 3.8) is 0 Å². The van der Waals surface area contributed by atoms with Crippen molar-refractivity contribution in [3.05, 3.63) is 0 Å². The number of unbranched alkanes of at least 4 members (excludes halogenated alkanes) is 39. The van der Waals surface area contributed by atoms with Crippen molar-refractivity contribution in [2.24, 2.45) is 11.8 Å². The number of aliphatic hydroxyl groups excluding tert-OH is 1. The quantitative estimate of drug-likeness (QED) is 0.0222. The van der Waals surface area contributed by atoms with Gasteiger partial charge in [-0.3, -0.25) is 37.3 Å². The Labute approximate surface area is 543 Å². The molecular weight excluding hydrogens is 1170 g/mol. The Hall–Kier alpha value is -1.94. The molecule has 5 atom stereocenters. The summed E-state index contributed by atoms with van der Waals surface area (Å²) in [5, 5.41) is 10.5. The molecule has 0 heterocycles. The fourth-order valence-corrected chi connectivity index (χ4v) is 12.2. The van der Waals surface area contributed by atoms with Crippen molar-refractivity contribution in [2.45, 2.75) is 374 Å². The molecule has 528 valence electrons. The molecule has 0 fully saturated rings. The third-order valence-electron chi connectivity index (χ3n) is 16.2. The Balaban J connectivity index is 5.15. The van der Waals surface area contributed by atoms with Gasteiger partial charge in [-0.2, -0.15) is 0 Å². The highest BCUT2D eigenvalue weighted by atomic mass is 31.2. The van der Waals surface area contributed by atoms with Gasteiger partial charge in [0, 0.05) is 25.7 Å². The molecular formula is C70H136O17P2. The molecule has 0 radical (unpaired) electrons. The van der Waals surface area contributed by atoms with E-state index < -0.39 is 97.5 Å². The lowest BCUT2D eigenvalue weighted by molar-refractivity contribution is -0.161. The average molecular weight is 1310 g/mol. The smallest absolute Gasteiger partial charge is 0.462 e. The molecule has 17 nitrogen and oxygen atoms in total. The summed E-state index contributed by atoms with van der Waals surface area (Å²) < 4.78 is 68.0. The second kappa shape index (κ2) is 62.2. The van der Waals surface area contributed by atoms with Crippen LogP contribution in [0.3, 0.4) is 0 Å². The molecule has 0 aliphatic rings. The fourth-order valence-electron chi connectivity index (χ4n) is 10.6. The largest absolute Gasteiger partial charge is 0.472 e. The highest BCUT2D eigenvalue weighted by Crippen LogP contribution is 2.45. The van der Waals surface area contributed by atoms with Gasteiger partial charge in [-0.25, -0.2) is 9.13 Å². The number of hydrogen-bond acceptors (Lipinski definition) is 15. The van der Waals surface area contributed by atoms with E-state index >= 15 is 0 Å². The van der Waals surface area contributed by atoms with Crippen LogP contribution in [0.15, 0.2) is 0 Å². The first-order chi connectivity index (χ1) is 42.9. The van der Waals surface area contributed by atoms with Gasteiger partial charge >= 0.3 is 39.5 Å². The zero-order valence-electron chi connectivity index (χ0n) is 57.7. The minimum absolute atomic E-state index is 0.105. The highest BCUT2D eigenvalue weighted by molar-refractivity contribution is 7.47. The molecule has 0 aliphatic heterocycles. The zero-order valence-corrected chi connectivity index (χ0v) is 59.5. The number of carbonyl (C=O) groups excluding carboxylic acids is 4. The normalized spacial score (nSPS) is 14.1. The number of hydrogen-bond donors (Lipinski definition) is 3. The van der Waals surface area contributed by atoms with Crippen LogP contribution in [0.4, 0.5) is 0 Å². The van der Waals surface area contributed by atoms with Crippen LogP contribution in [0.2, 0.25) is 0 Å². The summed E-state index contributed by atoms with van der Waals surface area (Å²) in [6, 6.07) is 0. The van der Waals surface area contributed by atoms with Gasteiger partial charge in [-0.05, 0) is 37.5 Å². The molecule has 0 amide bonds. The van der Waals surface area contributed by atoms with Crippen molar-refractivity contribution >= 4 is 39.5 Å². The van der Waals surface area contributed by atoms with Gasteiger partial charge in [0.15, 0.2) is 12.2 Å². The van der Waals surface area contributed by atoms with Crippen LogP contribution in [-0.2, 0) is 65.4 Å². The zero-order chi connectivity index (χ0) is 65.7. The van der Waals surface area contributed by atoms with E-state index in [2.05, 4.69) is 41.5 Å². The maximum Gasteiger partial charge on any atom is 0.472 e. The summed E-state index contributed by atoms with van der Waals surface area (Å²) in [4.78, 5) is 72.2. The molecule has 0 aromatic rings. The van der Waals surface area contributed by atoms with Crippen LogP contribution in [0.25, 0.3) is 0 Å². The molecule has 19 heteroatoms. The number of ether oxygens (including phenoxy) is 4. The van der Waals surface area contributed by atoms with Crippen molar-refractivity contribution in [1.82, 2.24) is 0 Å². The third kappa shape index (κ3) is 64.6. The lowest BCUT2D eigenvalue weighted by Crippen LogP contribution is -2.30. The molecule has 0 saturated carbocycles. The molecule has 0 spiro atoms. The number of phosphoric acid groups is 2. The number of esters is 4. The van der Waals surface area contributed by atoms with Gasteiger partial charge in [-0.15, -0.1) is 0 Å². The molecule has 3 N–H and O–H groups in total. The molecule has 0 rings (SSSR count). The summed E-state index contributed by atoms with van der Waals surface area (Å²) in [5.74, 6) is -0.541. The van der Waals surface area contributed by atoms with Gasteiger partial charge in [0.1, 0.15) is 19.3 Å².